The molecule has 0 aromatic heterocycles. The molecule has 2 aromatic rings. The quantitative estimate of drug-likeness (QED) is 0.664. The van der Waals surface area contributed by atoms with Gasteiger partial charge in [0.15, 0.2) is 0 Å². The Kier molecular flexibility index (Phi) is 4.49. The second-order valence-electron chi connectivity index (χ2n) is 4.20. The van der Waals surface area contributed by atoms with Gasteiger partial charge in [-0.1, -0.05) is 36.4 Å². The lowest BCUT2D eigenvalue weighted by Gasteiger charge is -2.12. The molecule has 0 heterocycles. The zero-order chi connectivity index (χ0) is 15.9. The van der Waals surface area contributed by atoms with Crippen LogP contribution in [0.25, 0.3) is 11.1 Å². The molecule has 0 unspecified atom stereocenters. The maximum atomic E-state index is 11.4. The van der Waals surface area contributed by atoms with E-state index < -0.39 is 5.97 Å². The number of carboxylic acids is 1. The Balaban J connectivity index is 2.58. The van der Waals surface area contributed by atoms with E-state index in [0.29, 0.717) is 16.8 Å². The lowest BCUT2D eigenvalue weighted by molar-refractivity contribution is 0.0698. The molecule has 0 bridgehead atoms. The van der Waals surface area contributed by atoms with Gasteiger partial charge < -0.3 is 5.11 Å². The number of hydrogen-bond acceptors (Lipinski definition) is 5. The van der Waals surface area contributed by atoms with Crippen molar-refractivity contribution in [2.24, 2.45) is 5.10 Å². The van der Waals surface area contributed by atoms with Gasteiger partial charge in [-0.2, -0.15) is 15.6 Å². The highest BCUT2D eigenvalue weighted by Gasteiger charge is 2.15. The number of hydrazone groups is 1. The van der Waals surface area contributed by atoms with Gasteiger partial charge in [0.05, 0.1) is 11.3 Å². The Labute approximate surface area is 126 Å². The third-order valence-corrected chi connectivity index (χ3v) is 2.86. The average molecular weight is 290 g/mol. The van der Waals surface area contributed by atoms with Crippen LogP contribution in [0.5, 0.6) is 0 Å². The van der Waals surface area contributed by atoms with Gasteiger partial charge in [-0.05, 0) is 17.7 Å². The molecule has 6 heteroatoms. The number of nitrogens with one attached hydrogen (secondary N) is 1. The highest BCUT2D eigenvalue weighted by Crippen LogP contribution is 2.31. The number of nitrogens with zero attached hydrogens (tertiary/aromatic N) is 3. The Bertz CT molecular complexity index is 798. The Morgan fingerprint density at radius 1 is 1.05 bits per heavy atom. The zero-order valence-electron chi connectivity index (χ0n) is 11.3. The van der Waals surface area contributed by atoms with Crippen molar-refractivity contribution in [2.45, 2.75) is 0 Å². The van der Waals surface area contributed by atoms with Crippen LogP contribution in [0.3, 0.4) is 0 Å². The molecule has 0 aliphatic rings. The summed E-state index contributed by atoms with van der Waals surface area (Å²) in [6, 6.07) is 16.9. The monoisotopic (exact) mass is 290 g/mol. The first kappa shape index (κ1) is 14.8. The molecule has 0 saturated heterocycles. The average Bonchev–Trinajstić information content (AvgIpc) is 2.56. The fourth-order valence-corrected chi connectivity index (χ4v) is 1.93. The highest BCUT2D eigenvalue weighted by atomic mass is 16.4. The summed E-state index contributed by atoms with van der Waals surface area (Å²) >= 11 is 0. The summed E-state index contributed by atoms with van der Waals surface area (Å²) in [5.74, 6) is -1.08. The smallest absolute Gasteiger partial charge is 0.336 e. The molecule has 6 nitrogen and oxygen atoms in total. The summed E-state index contributed by atoms with van der Waals surface area (Å²) in [7, 11) is 0. The summed E-state index contributed by atoms with van der Waals surface area (Å²) in [6.07, 6.45) is 0. The lowest BCUT2D eigenvalue weighted by atomic mass is 9.98. The zero-order valence-corrected chi connectivity index (χ0v) is 11.3. The molecule has 0 aliphatic carbocycles. The fourth-order valence-electron chi connectivity index (χ4n) is 1.93. The Morgan fingerprint density at radius 2 is 1.73 bits per heavy atom. The molecule has 0 fully saturated rings. The molecule has 2 N–H and O–H groups in total. The highest BCUT2D eigenvalue weighted by molar-refractivity contribution is 6.10. The van der Waals surface area contributed by atoms with Crippen LogP contribution >= 0.6 is 0 Å². The van der Waals surface area contributed by atoms with Crippen molar-refractivity contribution in [1.82, 2.24) is 0 Å². The van der Waals surface area contributed by atoms with E-state index in [2.05, 4.69) is 10.5 Å². The van der Waals surface area contributed by atoms with Gasteiger partial charge in [0.1, 0.15) is 12.1 Å². The number of benzene rings is 2. The topological polar surface area (TPSA) is 109 Å². The summed E-state index contributed by atoms with van der Waals surface area (Å²) in [6.45, 7) is 0. The standard InChI is InChI=1S/C16H10N4O2/c17-9-12(10-18)19-20-14-8-4-7-13(16(21)22)15(14)11-5-2-1-3-6-11/h1-8,20H,(H,21,22). The molecule has 22 heavy (non-hydrogen) atoms. The molecule has 106 valence electrons. The molecule has 0 amide bonds. The molecule has 2 rings (SSSR count). The number of carbonyl (C=O) groups is 1. The third kappa shape index (κ3) is 3.09. The van der Waals surface area contributed by atoms with Gasteiger partial charge in [-0.15, -0.1) is 0 Å². The van der Waals surface area contributed by atoms with Gasteiger partial charge in [0.25, 0.3) is 0 Å². The van der Waals surface area contributed by atoms with E-state index in [-0.39, 0.29) is 11.3 Å². The second-order valence-corrected chi connectivity index (χ2v) is 4.20. The van der Waals surface area contributed by atoms with Crippen LogP contribution in [0.2, 0.25) is 0 Å². The van der Waals surface area contributed by atoms with E-state index in [4.69, 9.17) is 10.5 Å². The summed E-state index contributed by atoms with van der Waals surface area (Å²) in [5, 5.41) is 30.4. The van der Waals surface area contributed by atoms with Crippen molar-refractivity contribution >= 4 is 17.4 Å². The minimum absolute atomic E-state index is 0.0989. The second kappa shape index (κ2) is 6.69. The summed E-state index contributed by atoms with van der Waals surface area (Å²) in [5.41, 5.74) is 3.87. The number of carboxylic acid groups (broad SMARTS) is 1. The molecule has 0 atom stereocenters. The van der Waals surface area contributed by atoms with E-state index in [1.54, 1.807) is 48.5 Å². The van der Waals surface area contributed by atoms with E-state index in [1.165, 1.54) is 6.07 Å². The van der Waals surface area contributed by atoms with Crippen molar-refractivity contribution in [3.05, 3.63) is 54.1 Å². The molecule has 0 radical (unpaired) electrons. The molecule has 0 aliphatic heterocycles. The van der Waals surface area contributed by atoms with Gasteiger partial charge in [0.2, 0.25) is 5.71 Å². The summed E-state index contributed by atoms with van der Waals surface area (Å²) < 4.78 is 0. The molecular weight excluding hydrogens is 280 g/mol. The van der Waals surface area contributed by atoms with Crippen molar-refractivity contribution in [2.75, 3.05) is 5.43 Å². The number of hydrogen-bond donors (Lipinski definition) is 2. The first-order valence-electron chi connectivity index (χ1n) is 6.23. The van der Waals surface area contributed by atoms with Crippen LogP contribution in [-0.2, 0) is 0 Å². The minimum Gasteiger partial charge on any atom is -0.478 e. The van der Waals surface area contributed by atoms with Crippen LogP contribution in [0, 0.1) is 22.7 Å². The Hall–Kier alpha value is -3.64. The van der Waals surface area contributed by atoms with E-state index in [1.807, 2.05) is 6.07 Å². The largest absolute Gasteiger partial charge is 0.478 e. The molecule has 0 saturated carbocycles. The number of nitriles is 2. The van der Waals surface area contributed by atoms with Crippen molar-refractivity contribution in [3.63, 3.8) is 0 Å². The van der Waals surface area contributed by atoms with E-state index in [0.717, 1.165) is 0 Å². The fraction of sp³-hybridized carbons (Fsp3) is 0. The van der Waals surface area contributed by atoms with Gasteiger partial charge in [-0.25, -0.2) is 4.79 Å². The first-order chi connectivity index (χ1) is 10.7. The first-order valence-corrected chi connectivity index (χ1v) is 6.23. The van der Waals surface area contributed by atoms with Crippen LogP contribution in [0.15, 0.2) is 53.6 Å². The predicted molar refractivity (Wildman–Crippen MR) is 81.1 cm³/mol. The van der Waals surface area contributed by atoms with E-state index >= 15 is 0 Å². The predicted octanol–water partition coefficient (Wildman–Crippen LogP) is 2.87. The molecule has 2 aromatic carbocycles. The van der Waals surface area contributed by atoms with E-state index in [9.17, 15) is 9.90 Å². The van der Waals surface area contributed by atoms with Crippen LogP contribution in [0.4, 0.5) is 5.69 Å². The number of anilines is 1. The minimum atomic E-state index is -1.08. The maximum Gasteiger partial charge on any atom is 0.336 e. The Morgan fingerprint density at radius 3 is 2.32 bits per heavy atom. The van der Waals surface area contributed by atoms with Gasteiger partial charge >= 0.3 is 5.97 Å². The molecular formula is C16H10N4O2. The van der Waals surface area contributed by atoms with Crippen LogP contribution in [0.1, 0.15) is 10.4 Å². The van der Waals surface area contributed by atoms with Gasteiger partial charge in [-0.3, -0.25) is 5.43 Å². The van der Waals surface area contributed by atoms with Crippen molar-refractivity contribution in [3.8, 4) is 23.3 Å². The lowest BCUT2D eigenvalue weighted by Crippen LogP contribution is -2.04. The normalized spacial score (nSPS) is 9.18. The van der Waals surface area contributed by atoms with Crippen LogP contribution in [-0.4, -0.2) is 16.8 Å². The molecule has 0 spiro atoms. The van der Waals surface area contributed by atoms with Crippen LogP contribution < -0.4 is 5.43 Å². The SMILES string of the molecule is N#CC(C#N)=NNc1cccc(C(=O)O)c1-c1ccccc1. The van der Waals surface area contributed by atoms with Gasteiger partial charge in [0, 0.05) is 5.56 Å². The summed E-state index contributed by atoms with van der Waals surface area (Å²) in [4.78, 5) is 11.4. The van der Waals surface area contributed by atoms with Crippen molar-refractivity contribution in [1.29, 1.82) is 10.5 Å². The number of aromatic carboxylic acids is 1. The number of rotatable bonds is 4. The maximum absolute atomic E-state index is 11.4. The third-order valence-electron chi connectivity index (χ3n) is 2.86. The van der Waals surface area contributed by atoms with Crippen molar-refractivity contribution < 1.29 is 9.90 Å².